The van der Waals surface area contributed by atoms with Crippen LogP contribution in [-0.2, 0) is 23.5 Å². The molecule has 0 N–H and O–H groups in total. The summed E-state index contributed by atoms with van der Waals surface area (Å²) >= 11 is 0. The summed E-state index contributed by atoms with van der Waals surface area (Å²) in [5.41, 5.74) is 7.46. The van der Waals surface area contributed by atoms with Crippen molar-refractivity contribution in [1.82, 2.24) is 4.57 Å². The lowest BCUT2D eigenvalue weighted by Gasteiger charge is -2.29. The number of rotatable bonds is 7. The van der Waals surface area contributed by atoms with E-state index in [0.717, 1.165) is 47.2 Å². The van der Waals surface area contributed by atoms with Crippen LogP contribution in [0.25, 0.3) is 10.9 Å². The number of aromatic nitrogens is 1. The Bertz CT molecular complexity index is 1410. The molecule has 2 heterocycles. The molecule has 0 unspecified atom stereocenters. The van der Waals surface area contributed by atoms with Crippen molar-refractivity contribution in [2.24, 2.45) is 0 Å². The Kier molecular flexibility index (Phi) is 8.26. The molecular weight excluding hydrogens is 456 g/mol. The first-order valence-electron chi connectivity index (χ1n) is 13.2. The summed E-state index contributed by atoms with van der Waals surface area (Å²) in [7, 11) is 0. The second-order valence-electron chi connectivity index (χ2n) is 9.87. The van der Waals surface area contributed by atoms with Gasteiger partial charge in [0, 0.05) is 28.7 Å². The van der Waals surface area contributed by atoms with Gasteiger partial charge in [0.05, 0.1) is 23.8 Å². The predicted molar refractivity (Wildman–Crippen MR) is 150 cm³/mol. The molecule has 37 heavy (non-hydrogen) atoms. The number of para-hydroxylation sites is 1. The van der Waals surface area contributed by atoms with E-state index in [0.29, 0.717) is 12.1 Å². The normalized spacial score (nSPS) is 13.5. The predicted octanol–water partition coefficient (Wildman–Crippen LogP) is 8.08. The number of hydrogen-bond acceptors (Lipinski definition) is 3. The Balaban J connectivity index is 0.000000186. The molecule has 0 atom stereocenters. The average Bonchev–Trinajstić information content (AvgIpc) is 3.40. The van der Waals surface area contributed by atoms with Crippen LogP contribution < -0.4 is 0 Å². The number of carbonyl (C=O) groups excluding carboxylic acids is 1. The minimum atomic E-state index is 0.0279. The monoisotopic (exact) mass is 492 g/mol. The Morgan fingerprint density at radius 3 is 2.27 bits per heavy atom. The minimum absolute atomic E-state index is 0.0279. The lowest BCUT2D eigenvalue weighted by Crippen LogP contribution is -2.24. The highest BCUT2D eigenvalue weighted by Gasteiger charge is 2.37. The number of fused-ring (bicyclic) bond motifs is 2. The van der Waals surface area contributed by atoms with Gasteiger partial charge in [-0.1, -0.05) is 81.3 Å². The van der Waals surface area contributed by atoms with Crippen LogP contribution in [0.5, 0.6) is 0 Å². The minimum Gasteiger partial charge on any atom is -0.366 e. The Labute approximate surface area is 220 Å². The Morgan fingerprint density at radius 1 is 0.973 bits per heavy atom. The Morgan fingerprint density at radius 2 is 1.62 bits per heavy atom. The lowest BCUT2D eigenvalue weighted by atomic mass is 9.85. The second-order valence-corrected chi connectivity index (χ2v) is 9.87. The molecule has 0 aliphatic carbocycles. The van der Waals surface area contributed by atoms with E-state index in [1.807, 2.05) is 55.5 Å². The molecule has 0 bridgehead atoms. The number of carbonyl (C=O) groups is 1. The van der Waals surface area contributed by atoms with Gasteiger partial charge in [0.1, 0.15) is 0 Å². The molecule has 1 aromatic heterocycles. The van der Waals surface area contributed by atoms with Crippen LogP contribution in [0.4, 0.5) is 0 Å². The molecular formula is C33H36N2O2. The Hall–Kier alpha value is -3.68. The number of benzene rings is 3. The van der Waals surface area contributed by atoms with Crippen LogP contribution >= 0.6 is 0 Å². The highest BCUT2D eigenvalue weighted by Crippen LogP contribution is 2.43. The molecule has 0 saturated carbocycles. The topological polar surface area (TPSA) is 55.0 Å². The van der Waals surface area contributed by atoms with E-state index in [1.165, 1.54) is 24.0 Å². The summed E-state index contributed by atoms with van der Waals surface area (Å²) in [5.74, 6) is 0.0901. The molecule has 5 rings (SSSR count). The van der Waals surface area contributed by atoms with E-state index in [4.69, 9.17) is 10.00 Å². The molecule has 4 heteroatoms. The van der Waals surface area contributed by atoms with Gasteiger partial charge in [-0.15, -0.1) is 0 Å². The largest absolute Gasteiger partial charge is 0.366 e. The SMILES string of the molecule is CC(=O)c1c(C)n(Cc2ccc(C#N)cc2)c2ccccc12.CCCC1(CCC)OCc2ccccc21. The third-order valence-corrected chi connectivity index (χ3v) is 7.33. The maximum Gasteiger partial charge on any atom is 0.162 e. The van der Waals surface area contributed by atoms with Gasteiger partial charge in [-0.25, -0.2) is 0 Å². The summed E-state index contributed by atoms with van der Waals surface area (Å²) in [6, 6.07) is 26.3. The summed E-state index contributed by atoms with van der Waals surface area (Å²) in [5, 5.41) is 9.88. The highest BCUT2D eigenvalue weighted by atomic mass is 16.5. The number of ketones is 1. The van der Waals surface area contributed by atoms with Crippen molar-refractivity contribution in [2.75, 3.05) is 0 Å². The van der Waals surface area contributed by atoms with E-state index < -0.39 is 0 Å². The second kappa shape index (κ2) is 11.6. The fraction of sp³-hybridized carbons (Fsp3) is 0.333. The van der Waals surface area contributed by atoms with Crippen molar-refractivity contribution >= 4 is 16.7 Å². The maximum atomic E-state index is 12.0. The van der Waals surface area contributed by atoms with Gasteiger partial charge in [-0.05, 0) is 61.6 Å². The first kappa shape index (κ1) is 26.4. The van der Waals surface area contributed by atoms with Gasteiger partial charge in [0.15, 0.2) is 5.78 Å². The van der Waals surface area contributed by atoms with Crippen LogP contribution in [0.3, 0.4) is 0 Å². The highest BCUT2D eigenvalue weighted by molar-refractivity contribution is 6.08. The summed E-state index contributed by atoms with van der Waals surface area (Å²) in [4.78, 5) is 12.0. The van der Waals surface area contributed by atoms with Crippen molar-refractivity contribution in [2.45, 2.75) is 72.1 Å². The molecule has 0 amide bonds. The first-order valence-corrected chi connectivity index (χ1v) is 13.2. The molecule has 4 nitrogen and oxygen atoms in total. The van der Waals surface area contributed by atoms with Crippen molar-refractivity contribution in [3.8, 4) is 6.07 Å². The van der Waals surface area contributed by atoms with Gasteiger partial charge < -0.3 is 9.30 Å². The van der Waals surface area contributed by atoms with Crippen LogP contribution in [0.1, 0.15) is 84.8 Å². The van der Waals surface area contributed by atoms with Gasteiger partial charge in [-0.3, -0.25) is 4.79 Å². The van der Waals surface area contributed by atoms with Crippen molar-refractivity contribution in [3.05, 3.63) is 106 Å². The zero-order valence-electron chi connectivity index (χ0n) is 22.4. The van der Waals surface area contributed by atoms with E-state index in [2.05, 4.69) is 48.7 Å². The fourth-order valence-corrected chi connectivity index (χ4v) is 5.68. The number of Topliss-reactive ketones (excluding diaryl/α,β-unsaturated/α-hetero) is 1. The molecule has 190 valence electrons. The third-order valence-electron chi connectivity index (χ3n) is 7.33. The van der Waals surface area contributed by atoms with Gasteiger partial charge >= 0.3 is 0 Å². The number of hydrogen-bond donors (Lipinski definition) is 0. The number of ether oxygens (including phenoxy) is 1. The van der Waals surface area contributed by atoms with E-state index in [-0.39, 0.29) is 11.4 Å². The first-order chi connectivity index (χ1) is 17.9. The van der Waals surface area contributed by atoms with Crippen molar-refractivity contribution in [1.29, 1.82) is 5.26 Å². The van der Waals surface area contributed by atoms with Crippen LogP contribution in [0.2, 0.25) is 0 Å². The summed E-state index contributed by atoms with van der Waals surface area (Å²) < 4.78 is 8.25. The number of nitrogens with zero attached hydrogens (tertiary/aromatic N) is 2. The molecule has 4 aromatic rings. The smallest absolute Gasteiger partial charge is 0.162 e. The van der Waals surface area contributed by atoms with Crippen LogP contribution in [-0.4, -0.2) is 10.4 Å². The molecule has 1 aliphatic heterocycles. The summed E-state index contributed by atoms with van der Waals surface area (Å²) in [6.45, 7) is 9.56. The van der Waals surface area contributed by atoms with Gasteiger partial charge in [-0.2, -0.15) is 5.26 Å². The standard InChI is InChI=1S/C19H16N2O.C14H20O/c1-13-19(14(2)22)17-5-3-4-6-18(17)21(13)12-16-9-7-15(11-20)8-10-16;1-3-9-14(10-4-2)13-8-6-5-7-12(13)11-15-14/h3-10H,12H2,1-2H3;5-8H,3-4,9-11H2,1-2H3. The quantitative estimate of drug-likeness (QED) is 0.245. The maximum absolute atomic E-state index is 12.0. The fourth-order valence-electron chi connectivity index (χ4n) is 5.68. The molecule has 0 radical (unpaired) electrons. The average molecular weight is 493 g/mol. The molecule has 1 aliphatic rings. The van der Waals surface area contributed by atoms with Crippen LogP contribution in [0, 0.1) is 18.3 Å². The zero-order valence-corrected chi connectivity index (χ0v) is 22.4. The molecule has 0 saturated heterocycles. The molecule has 0 spiro atoms. The van der Waals surface area contributed by atoms with Crippen molar-refractivity contribution < 1.29 is 9.53 Å². The van der Waals surface area contributed by atoms with Crippen LogP contribution in [0.15, 0.2) is 72.8 Å². The zero-order chi connectivity index (χ0) is 26.4. The van der Waals surface area contributed by atoms with E-state index >= 15 is 0 Å². The number of nitriles is 1. The van der Waals surface area contributed by atoms with E-state index in [9.17, 15) is 4.79 Å². The molecule has 3 aromatic carbocycles. The van der Waals surface area contributed by atoms with Gasteiger partial charge in [0.2, 0.25) is 0 Å². The van der Waals surface area contributed by atoms with Crippen molar-refractivity contribution in [3.63, 3.8) is 0 Å². The molecule has 0 fully saturated rings. The third kappa shape index (κ3) is 5.38. The van der Waals surface area contributed by atoms with E-state index in [1.54, 1.807) is 6.92 Å². The summed E-state index contributed by atoms with van der Waals surface area (Å²) in [6.07, 6.45) is 4.68. The lowest BCUT2D eigenvalue weighted by molar-refractivity contribution is -0.0518. The van der Waals surface area contributed by atoms with Gasteiger partial charge in [0.25, 0.3) is 0 Å².